The van der Waals surface area contributed by atoms with Gasteiger partial charge in [0, 0.05) is 17.5 Å². The van der Waals surface area contributed by atoms with Crippen molar-refractivity contribution in [1.82, 2.24) is 14.8 Å². The minimum atomic E-state index is 0.0326. The molecule has 0 amide bonds. The highest BCUT2D eigenvalue weighted by atomic mass is 15.3. The number of nitrogens with one attached hydrogen (secondary N) is 1. The minimum absolute atomic E-state index is 0.0326. The standard InChI is InChI=1S/C11H13N5/c1-7-5-8(2)16(15-7)10-6-9(11(12)13)3-4-14-10/h3-6H,1-2H3,(H3,12,13). The summed E-state index contributed by atoms with van der Waals surface area (Å²) in [6, 6.07) is 5.43. The van der Waals surface area contributed by atoms with Crippen molar-refractivity contribution in [3.63, 3.8) is 0 Å². The summed E-state index contributed by atoms with van der Waals surface area (Å²) in [6.07, 6.45) is 1.63. The van der Waals surface area contributed by atoms with Crippen LogP contribution in [0.5, 0.6) is 0 Å². The third kappa shape index (κ3) is 1.79. The Morgan fingerprint density at radius 3 is 2.69 bits per heavy atom. The zero-order valence-electron chi connectivity index (χ0n) is 9.23. The number of aryl methyl sites for hydroxylation is 2. The van der Waals surface area contributed by atoms with Crippen LogP contribution in [-0.4, -0.2) is 20.6 Å². The minimum Gasteiger partial charge on any atom is -0.384 e. The average Bonchev–Trinajstić information content (AvgIpc) is 2.58. The summed E-state index contributed by atoms with van der Waals surface area (Å²) in [5.41, 5.74) is 8.02. The van der Waals surface area contributed by atoms with Gasteiger partial charge < -0.3 is 5.73 Å². The van der Waals surface area contributed by atoms with Crippen LogP contribution >= 0.6 is 0 Å². The van der Waals surface area contributed by atoms with Crippen molar-refractivity contribution in [2.24, 2.45) is 5.73 Å². The third-order valence-corrected chi connectivity index (χ3v) is 2.28. The first-order valence-electron chi connectivity index (χ1n) is 4.92. The molecular weight excluding hydrogens is 202 g/mol. The molecular formula is C11H13N5. The van der Waals surface area contributed by atoms with Crippen molar-refractivity contribution in [3.8, 4) is 5.82 Å². The van der Waals surface area contributed by atoms with Crippen LogP contribution in [0.2, 0.25) is 0 Å². The second-order valence-electron chi connectivity index (χ2n) is 3.66. The first-order chi connectivity index (χ1) is 7.58. The topological polar surface area (TPSA) is 80.6 Å². The number of aromatic nitrogens is 3. The van der Waals surface area contributed by atoms with Crippen molar-refractivity contribution >= 4 is 5.84 Å². The molecule has 0 aliphatic carbocycles. The number of pyridine rings is 1. The van der Waals surface area contributed by atoms with Gasteiger partial charge in [-0.1, -0.05) is 0 Å². The molecule has 0 aliphatic rings. The zero-order chi connectivity index (χ0) is 11.7. The fourth-order valence-electron chi connectivity index (χ4n) is 1.56. The highest BCUT2D eigenvalue weighted by molar-refractivity contribution is 5.95. The Morgan fingerprint density at radius 2 is 2.12 bits per heavy atom. The molecule has 5 heteroatoms. The molecule has 2 rings (SSSR count). The van der Waals surface area contributed by atoms with E-state index < -0.39 is 0 Å². The molecule has 0 spiro atoms. The Balaban J connectivity index is 2.52. The molecule has 5 nitrogen and oxygen atoms in total. The second kappa shape index (κ2) is 3.77. The Hall–Kier alpha value is -2.17. The number of nitrogens with two attached hydrogens (primary N) is 1. The van der Waals surface area contributed by atoms with E-state index in [1.165, 1.54) is 0 Å². The average molecular weight is 215 g/mol. The maximum absolute atomic E-state index is 7.37. The lowest BCUT2D eigenvalue weighted by molar-refractivity contribution is 0.805. The van der Waals surface area contributed by atoms with E-state index in [-0.39, 0.29) is 5.84 Å². The number of nitrogens with zero attached hydrogens (tertiary/aromatic N) is 3. The van der Waals surface area contributed by atoms with E-state index in [0.717, 1.165) is 11.4 Å². The van der Waals surface area contributed by atoms with Crippen LogP contribution in [-0.2, 0) is 0 Å². The fraction of sp³-hybridized carbons (Fsp3) is 0.182. The van der Waals surface area contributed by atoms with Crippen LogP contribution < -0.4 is 5.73 Å². The van der Waals surface area contributed by atoms with Gasteiger partial charge in [0.2, 0.25) is 0 Å². The number of hydrogen-bond donors (Lipinski definition) is 2. The number of rotatable bonds is 2. The lowest BCUT2D eigenvalue weighted by Gasteiger charge is -2.04. The molecule has 0 saturated heterocycles. The molecule has 2 heterocycles. The zero-order valence-corrected chi connectivity index (χ0v) is 9.23. The summed E-state index contributed by atoms with van der Waals surface area (Å²) in [5.74, 6) is 0.712. The predicted molar refractivity (Wildman–Crippen MR) is 61.8 cm³/mol. The molecule has 0 fully saturated rings. The second-order valence-corrected chi connectivity index (χ2v) is 3.66. The quantitative estimate of drug-likeness (QED) is 0.582. The highest BCUT2D eigenvalue weighted by Crippen LogP contribution is 2.10. The molecule has 82 valence electrons. The van der Waals surface area contributed by atoms with Gasteiger partial charge in [-0.25, -0.2) is 9.67 Å². The Bertz CT molecular complexity index is 541. The van der Waals surface area contributed by atoms with E-state index in [9.17, 15) is 0 Å². The number of nitrogen functional groups attached to an aromatic ring is 1. The smallest absolute Gasteiger partial charge is 0.154 e. The number of amidine groups is 1. The summed E-state index contributed by atoms with van der Waals surface area (Å²) >= 11 is 0. The Labute approximate surface area is 93.4 Å². The van der Waals surface area contributed by atoms with Gasteiger partial charge >= 0.3 is 0 Å². The van der Waals surface area contributed by atoms with Gasteiger partial charge in [-0.05, 0) is 32.0 Å². The predicted octanol–water partition coefficient (Wildman–Crippen LogP) is 1.17. The lowest BCUT2D eigenvalue weighted by atomic mass is 10.2. The summed E-state index contributed by atoms with van der Waals surface area (Å²) in [7, 11) is 0. The van der Waals surface area contributed by atoms with Crippen LogP contribution in [0.15, 0.2) is 24.4 Å². The van der Waals surface area contributed by atoms with Gasteiger partial charge in [0.15, 0.2) is 5.82 Å². The van der Waals surface area contributed by atoms with Gasteiger partial charge in [0.1, 0.15) is 5.84 Å². The van der Waals surface area contributed by atoms with Gasteiger partial charge in [0.25, 0.3) is 0 Å². The highest BCUT2D eigenvalue weighted by Gasteiger charge is 2.06. The van der Waals surface area contributed by atoms with E-state index in [2.05, 4.69) is 10.1 Å². The van der Waals surface area contributed by atoms with Crippen LogP contribution in [0, 0.1) is 19.3 Å². The van der Waals surface area contributed by atoms with E-state index >= 15 is 0 Å². The number of hydrogen-bond acceptors (Lipinski definition) is 3. The van der Waals surface area contributed by atoms with Gasteiger partial charge in [-0.2, -0.15) is 5.10 Å². The molecule has 0 saturated carbocycles. The molecule has 0 bridgehead atoms. The normalized spacial score (nSPS) is 10.4. The van der Waals surface area contributed by atoms with Crippen molar-refractivity contribution in [1.29, 1.82) is 5.41 Å². The monoisotopic (exact) mass is 215 g/mol. The fourth-order valence-corrected chi connectivity index (χ4v) is 1.56. The molecule has 0 atom stereocenters. The van der Waals surface area contributed by atoms with Crippen molar-refractivity contribution in [2.45, 2.75) is 13.8 Å². The first-order valence-corrected chi connectivity index (χ1v) is 4.92. The maximum atomic E-state index is 7.37. The van der Waals surface area contributed by atoms with Gasteiger partial charge in [-0.15, -0.1) is 0 Å². The Morgan fingerprint density at radius 1 is 1.38 bits per heavy atom. The summed E-state index contributed by atoms with van der Waals surface area (Å²) in [4.78, 5) is 4.21. The molecule has 0 unspecified atom stereocenters. The summed E-state index contributed by atoms with van der Waals surface area (Å²) in [5, 5.41) is 11.7. The SMILES string of the molecule is Cc1cc(C)n(-c2cc(C(=N)N)ccn2)n1. The van der Waals surface area contributed by atoms with E-state index in [4.69, 9.17) is 11.1 Å². The van der Waals surface area contributed by atoms with Crippen LogP contribution in [0.3, 0.4) is 0 Å². The molecule has 16 heavy (non-hydrogen) atoms. The molecule has 3 N–H and O–H groups in total. The largest absolute Gasteiger partial charge is 0.384 e. The van der Waals surface area contributed by atoms with E-state index in [0.29, 0.717) is 11.4 Å². The summed E-state index contributed by atoms with van der Waals surface area (Å²) < 4.78 is 1.74. The van der Waals surface area contributed by atoms with Crippen molar-refractivity contribution in [2.75, 3.05) is 0 Å². The first kappa shape index (κ1) is 10.4. The Kier molecular flexibility index (Phi) is 2.44. The van der Waals surface area contributed by atoms with Gasteiger partial charge in [0.05, 0.1) is 5.69 Å². The third-order valence-electron chi connectivity index (χ3n) is 2.28. The van der Waals surface area contributed by atoms with Crippen LogP contribution in [0.4, 0.5) is 0 Å². The molecule has 2 aromatic rings. The van der Waals surface area contributed by atoms with Gasteiger partial charge in [-0.3, -0.25) is 5.41 Å². The summed E-state index contributed by atoms with van der Waals surface area (Å²) in [6.45, 7) is 3.89. The maximum Gasteiger partial charge on any atom is 0.154 e. The van der Waals surface area contributed by atoms with Crippen molar-refractivity contribution in [3.05, 3.63) is 41.3 Å². The van der Waals surface area contributed by atoms with Crippen LogP contribution in [0.1, 0.15) is 17.0 Å². The van der Waals surface area contributed by atoms with E-state index in [1.807, 2.05) is 19.9 Å². The van der Waals surface area contributed by atoms with Crippen LogP contribution in [0.25, 0.3) is 5.82 Å². The lowest BCUT2D eigenvalue weighted by Crippen LogP contribution is -2.12. The molecule has 2 aromatic heterocycles. The van der Waals surface area contributed by atoms with E-state index in [1.54, 1.807) is 23.0 Å². The van der Waals surface area contributed by atoms with Crippen molar-refractivity contribution < 1.29 is 0 Å². The molecule has 0 aromatic carbocycles. The molecule has 0 radical (unpaired) electrons. The molecule has 0 aliphatic heterocycles.